The molecule has 184 valence electrons. The maximum absolute atomic E-state index is 13.0. The summed E-state index contributed by atoms with van der Waals surface area (Å²) in [6.07, 6.45) is 0. The van der Waals surface area contributed by atoms with Crippen LogP contribution in [0.2, 0.25) is 5.02 Å². The minimum Gasteiger partial charge on any atom is -0.505 e. The fourth-order valence-electron chi connectivity index (χ4n) is 3.54. The Kier molecular flexibility index (Phi) is 6.93. The third-order valence-corrected chi connectivity index (χ3v) is 6.78. The van der Waals surface area contributed by atoms with Crippen LogP contribution in [0.5, 0.6) is 11.5 Å². The van der Waals surface area contributed by atoms with Gasteiger partial charge in [0.2, 0.25) is 0 Å². The number of nitrogens with zero attached hydrogens (tertiary/aromatic N) is 2. The highest BCUT2D eigenvalue weighted by molar-refractivity contribution is 7.85. The molecule has 9 nitrogen and oxygen atoms in total. The van der Waals surface area contributed by atoms with Gasteiger partial charge in [-0.25, -0.2) is 0 Å². The van der Waals surface area contributed by atoms with Crippen LogP contribution in [0.4, 0.5) is 17.1 Å². The van der Waals surface area contributed by atoms with Gasteiger partial charge in [0, 0.05) is 16.1 Å². The number of nitrogens with one attached hydrogen (secondary N) is 1. The van der Waals surface area contributed by atoms with Crippen LogP contribution in [0.25, 0.3) is 10.8 Å². The molecule has 0 spiro atoms. The number of amides is 1. The number of anilines is 1. The normalized spacial score (nSPS) is 11.7. The predicted molar refractivity (Wildman–Crippen MR) is 137 cm³/mol. The van der Waals surface area contributed by atoms with Crippen LogP contribution in [-0.2, 0) is 10.1 Å². The van der Waals surface area contributed by atoms with Gasteiger partial charge in [0.15, 0.2) is 5.75 Å². The predicted octanol–water partition coefficient (Wildman–Crippen LogP) is 6.43. The zero-order valence-corrected chi connectivity index (χ0v) is 20.6. The van der Waals surface area contributed by atoms with Crippen LogP contribution in [0.3, 0.4) is 0 Å². The van der Waals surface area contributed by atoms with Crippen molar-refractivity contribution < 1.29 is 27.6 Å². The Labute approximate surface area is 211 Å². The van der Waals surface area contributed by atoms with E-state index in [0.717, 1.165) is 6.07 Å². The van der Waals surface area contributed by atoms with E-state index < -0.39 is 26.7 Å². The summed E-state index contributed by atoms with van der Waals surface area (Å²) in [5, 5.41) is 23.0. The zero-order chi connectivity index (χ0) is 26.0. The van der Waals surface area contributed by atoms with E-state index in [1.165, 1.54) is 26.2 Å². The first-order chi connectivity index (χ1) is 17.1. The standard InChI is InChI=1S/C25H20ClN3O6S/c1-14-21(26)12-17(13-22(14)36(32,33)34)28-29-23-19-6-4-3-5-15(19)11-20(24(23)30)25(31)27-16-7-9-18(35-2)10-8-16/h3-13,30H,1-2H3,(H,27,31)(H,32,33,34). The molecule has 0 aliphatic rings. The van der Waals surface area contributed by atoms with Crippen molar-refractivity contribution in [3.63, 3.8) is 0 Å². The fraction of sp³-hybridized carbons (Fsp3) is 0.0800. The van der Waals surface area contributed by atoms with E-state index in [1.807, 2.05) is 0 Å². The monoisotopic (exact) mass is 525 g/mol. The van der Waals surface area contributed by atoms with Crippen molar-refractivity contribution in [2.24, 2.45) is 10.2 Å². The molecule has 3 N–H and O–H groups in total. The van der Waals surface area contributed by atoms with Gasteiger partial charge in [0.1, 0.15) is 16.3 Å². The number of carbonyl (C=O) groups is 1. The van der Waals surface area contributed by atoms with E-state index in [1.54, 1.807) is 48.5 Å². The maximum atomic E-state index is 13.0. The number of carbonyl (C=O) groups excluding carboxylic acids is 1. The van der Waals surface area contributed by atoms with Gasteiger partial charge in [-0.1, -0.05) is 35.9 Å². The van der Waals surface area contributed by atoms with Gasteiger partial charge >= 0.3 is 0 Å². The first-order valence-corrected chi connectivity index (χ1v) is 12.3. The van der Waals surface area contributed by atoms with E-state index in [2.05, 4.69) is 15.5 Å². The van der Waals surface area contributed by atoms with Crippen molar-refractivity contribution in [3.8, 4) is 11.5 Å². The minimum absolute atomic E-state index is 0.00177. The number of azo groups is 1. The van der Waals surface area contributed by atoms with Crippen molar-refractivity contribution >= 4 is 55.5 Å². The van der Waals surface area contributed by atoms with E-state index in [0.29, 0.717) is 22.2 Å². The number of rotatable bonds is 6. The second-order valence-electron chi connectivity index (χ2n) is 7.75. The molecule has 0 atom stereocenters. The van der Waals surface area contributed by atoms with Crippen LogP contribution in [0.15, 0.2) is 81.9 Å². The van der Waals surface area contributed by atoms with Gasteiger partial charge in [0.05, 0.1) is 18.4 Å². The molecule has 4 aromatic carbocycles. The van der Waals surface area contributed by atoms with Crippen LogP contribution in [-0.4, -0.2) is 31.1 Å². The molecule has 0 heterocycles. The summed E-state index contributed by atoms with van der Waals surface area (Å²) in [6, 6.07) is 17.6. The van der Waals surface area contributed by atoms with Crippen molar-refractivity contribution in [1.82, 2.24) is 0 Å². The van der Waals surface area contributed by atoms with E-state index in [-0.39, 0.29) is 27.5 Å². The second-order valence-corrected chi connectivity index (χ2v) is 9.55. The number of aromatic hydroxyl groups is 1. The van der Waals surface area contributed by atoms with Crippen LogP contribution < -0.4 is 10.1 Å². The first-order valence-electron chi connectivity index (χ1n) is 10.5. The highest BCUT2D eigenvalue weighted by Crippen LogP contribution is 2.40. The summed E-state index contributed by atoms with van der Waals surface area (Å²) in [7, 11) is -3.02. The fourth-order valence-corrected chi connectivity index (χ4v) is 4.57. The molecule has 0 radical (unpaired) electrons. The molecule has 0 aromatic heterocycles. The van der Waals surface area contributed by atoms with Gasteiger partial charge in [-0.3, -0.25) is 9.35 Å². The SMILES string of the molecule is COc1ccc(NC(=O)c2cc3ccccc3c(N=Nc3cc(Cl)c(C)c(S(=O)(=O)O)c3)c2O)cc1. The molecule has 4 rings (SSSR count). The minimum atomic E-state index is -4.55. The third kappa shape index (κ3) is 5.15. The Balaban J connectivity index is 1.78. The van der Waals surface area contributed by atoms with E-state index >= 15 is 0 Å². The van der Waals surface area contributed by atoms with Crippen molar-refractivity contribution in [2.75, 3.05) is 12.4 Å². The molecule has 0 aliphatic carbocycles. The molecule has 0 saturated heterocycles. The van der Waals surface area contributed by atoms with Gasteiger partial charge in [-0.05, 0) is 60.3 Å². The quantitative estimate of drug-likeness (QED) is 0.196. The van der Waals surface area contributed by atoms with Crippen molar-refractivity contribution in [1.29, 1.82) is 0 Å². The van der Waals surface area contributed by atoms with Gasteiger partial charge in [-0.2, -0.15) is 13.5 Å². The van der Waals surface area contributed by atoms with E-state index in [9.17, 15) is 22.9 Å². The second kappa shape index (κ2) is 9.94. The molecular formula is C25H20ClN3O6S. The molecule has 4 aromatic rings. The Morgan fingerprint density at radius 1 is 1.03 bits per heavy atom. The molecule has 0 fully saturated rings. The maximum Gasteiger partial charge on any atom is 0.294 e. The first kappa shape index (κ1) is 25.1. The molecule has 0 unspecified atom stereocenters. The number of benzene rings is 4. The highest BCUT2D eigenvalue weighted by atomic mass is 35.5. The number of phenolic OH excluding ortho intramolecular Hbond substituents is 1. The summed E-state index contributed by atoms with van der Waals surface area (Å²) < 4.78 is 38.0. The number of halogens is 1. The molecule has 0 saturated carbocycles. The van der Waals surface area contributed by atoms with Crippen LogP contribution in [0.1, 0.15) is 15.9 Å². The summed E-state index contributed by atoms with van der Waals surface area (Å²) in [6.45, 7) is 1.44. The van der Waals surface area contributed by atoms with Crippen LogP contribution >= 0.6 is 11.6 Å². The molecule has 36 heavy (non-hydrogen) atoms. The molecule has 11 heteroatoms. The van der Waals surface area contributed by atoms with E-state index in [4.69, 9.17) is 16.3 Å². The van der Waals surface area contributed by atoms with Gasteiger partial charge in [0.25, 0.3) is 16.0 Å². The number of phenols is 1. The molecule has 0 aliphatic heterocycles. The molecular weight excluding hydrogens is 506 g/mol. The summed E-state index contributed by atoms with van der Waals surface area (Å²) >= 11 is 6.11. The number of hydrogen-bond donors (Lipinski definition) is 3. The Bertz CT molecular complexity index is 1620. The summed E-state index contributed by atoms with van der Waals surface area (Å²) in [4.78, 5) is 12.6. The Morgan fingerprint density at radius 2 is 1.72 bits per heavy atom. The van der Waals surface area contributed by atoms with Gasteiger partial charge < -0.3 is 15.2 Å². The van der Waals surface area contributed by atoms with Gasteiger partial charge in [-0.15, -0.1) is 5.11 Å². The Hall–Kier alpha value is -3.99. The molecule has 1 amide bonds. The van der Waals surface area contributed by atoms with Crippen molar-refractivity contribution in [2.45, 2.75) is 11.8 Å². The lowest BCUT2D eigenvalue weighted by molar-refractivity contribution is 0.102. The summed E-state index contributed by atoms with van der Waals surface area (Å²) in [5.41, 5.74) is 0.624. The lowest BCUT2D eigenvalue weighted by Crippen LogP contribution is -2.12. The molecule has 0 bridgehead atoms. The third-order valence-electron chi connectivity index (χ3n) is 5.41. The zero-order valence-electron chi connectivity index (χ0n) is 19.1. The topological polar surface area (TPSA) is 138 Å². The Morgan fingerprint density at radius 3 is 2.39 bits per heavy atom. The lowest BCUT2D eigenvalue weighted by atomic mass is 10.0. The smallest absolute Gasteiger partial charge is 0.294 e. The van der Waals surface area contributed by atoms with Crippen LogP contribution in [0, 0.1) is 6.92 Å². The average molecular weight is 526 g/mol. The number of fused-ring (bicyclic) bond motifs is 1. The van der Waals surface area contributed by atoms with Crippen molar-refractivity contribution in [3.05, 3.63) is 82.9 Å². The highest BCUT2D eigenvalue weighted by Gasteiger charge is 2.20. The lowest BCUT2D eigenvalue weighted by Gasteiger charge is -2.11. The average Bonchev–Trinajstić information content (AvgIpc) is 2.84. The number of ether oxygens (including phenoxy) is 1. The number of methoxy groups -OCH3 is 1. The number of hydrogen-bond acceptors (Lipinski definition) is 7. The largest absolute Gasteiger partial charge is 0.505 e. The summed E-state index contributed by atoms with van der Waals surface area (Å²) in [5.74, 6) is -0.374.